The van der Waals surface area contributed by atoms with Gasteiger partial charge >= 0.3 is 0 Å². The summed E-state index contributed by atoms with van der Waals surface area (Å²) in [5.74, 6) is -0.559. The molecule has 3 rings (SSSR count). The smallest absolute Gasteiger partial charge is 0.259 e. The number of fused-ring (bicyclic) bond motifs is 1. The van der Waals surface area contributed by atoms with Crippen molar-refractivity contribution < 1.29 is 9.59 Å². The van der Waals surface area contributed by atoms with Gasteiger partial charge in [-0.2, -0.15) is 0 Å². The zero-order valence-corrected chi connectivity index (χ0v) is 8.83. The minimum absolute atomic E-state index is 0.272. The number of carbonyl (C=O) groups excluding carboxylic acids is 2. The van der Waals surface area contributed by atoms with E-state index in [1.807, 2.05) is 25.5 Å². The van der Waals surface area contributed by atoms with E-state index < -0.39 is 0 Å². The van der Waals surface area contributed by atoms with Crippen molar-refractivity contribution in [2.45, 2.75) is 13.3 Å². The average molecular weight is 212 g/mol. The molecule has 1 N–H and O–H groups in total. The first-order chi connectivity index (χ1) is 7.72. The van der Waals surface area contributed by atoms with Crippen molar-refractivity contribution in [2.75, 3.05) is 0 Å². The average Bonchev–Trinajstić information content (AvgIpc) is 3.06. The van der Waals surface area contributed by atoms with Gasteiger partial charge in [-0.05, 0) is 29.2 Å². The van der Waals surface area contributed by atoms with Gasteiger partial charge in [-0.3, -0.25) is 14.9 Å². The number of carbonyl (C=O) groups is 2. The van der Waals surface area contributed by atoms with Crippen LogP contribution in [0.2, 0.25) is 0 Å². The normalized spacial score (nSPS) is 16.9. The second-order valence-electron chi connectivity index (χ2n) is 3.95. The van der Waals surface area contributed by atoms with Crippen molar-refractivity contribution >= 4 is 17.4 Å². The number of nitrogens with one attached hydrogen (secondary N) is 1. The van der Waals surface area contributed by atoms with Crippen LogP contribution in [0.1, 0.15) is 38.8 Å². The fourth-order valence-electron chi connectivity index (χ4n) is 2.14. The fraction of sp³-hybridized carbons (Fsp3) is 0.154. The Kier molecular flexibility index (Phi) is 1.78. The molecule has 2 aliphatic rings. The van der Waals surface area contributed by atoms with Gasteiger partial charge in [0.05, 0.1) is 11.1 Å². The van der Waals surface area contributed by atoms with Gasteiger partial charge in [-0.1, -0.05) is 19.1 Å². The van der Waals surface area contributed by atoms with Crippen molar-refractivity contribution in [3.05, 3.63) is 46.9 Å². The third-order valence-corrected chi connectivity index (χ3v) is 2.99. The summed E-state index contributed by atoms with van der Waals surface area (Å²) < 4.78 is 0. The second-order valence-corrected chi connectivity index (χ2v) is 3.95. The van der Waals surface area contributed by atoms with Gasteiger partial charge in [0, 0.05) is 6.42 Å². The van der Waals surface area contributed by atoms with Crippen LogP contribution in [-0.4, -0.2) is 11.8 Å². The zero-order chi connectivity index (χ0) is 11.3. The monoisotopic (exact) mass is 212 g/mol. The molecule has 1 aliphatic carbocycles. The number of benzene rings is 1. The molecule has 1 aromatic carbocycles. The maximum atomic E-state index is 11.7. The van der Waals surface area contributed by atoms with Gasteiger partial charge in [0.1, 0.15) is 0 Å². The number of imide groups is 1. The molecule has 79 valence electrons. The molecule has 2 amide bonds. The molecule has 0 unspecified atom stereocenters. The highest BCUT2D eigenvalue weighted by Gasteiger charge is 2.32. The SMILES string of the molecule is CCc1ccc2c(c1C1=C[CH]1)C(=O)NC2=O. The molecule has 0 atom stereocenters. The summed E-state index contributed by atoms with van der Waals surface area (Å²) in [6.45, 7) is 2.04. The predicted octanol–water partition coefficient (Wildman–Crippen LogP) is 1.73. The predicted molar refractivity (Wildman–Crippen MR) is 59.9 cm³/mol. The van der Waals surface area contributed by atoms with Crippen LogP contribution in [0, 0.1) is 6.42 Å². The summed E-state index contributed by atoms with van der Waals surface area (Å²) >= 11 is 0. The van der Waals surface area contributed by atoms with Crippen LogP contribution in [-0.2, 0) is 6.42 Å². The quantitative estimate of drug-likeness (QED) is 0.759. The van der Waals surface area contributed by atoms with Gasteiger partial charge in [0.15, 0.2) is 0 Å². The summed E-state index contributed by atoms with van der Waals surface area (Å²) in [7, 11) is 0. The minimum atomic E-state index is -0.287. The van der Waals surface area contributed by atoms with Crippen molar-refractivity contribution in [1.82, 2.24) is 5.32 Å². The largest absolute Gasteiger partial charge is 0.288 e. The first-order valence-corrected chi connectivity index (χ1v) is 5.29. The van der Waals surface area contributed by atoms with E-state index in [1.165, 1.54) is 0 Å². The number of rotatable bonds is 2. The number of hydrogen-bond acceptors (Lipinski definition) is 2. The molecule has 16 heavy (non-hydrogen) atoms. The number of allylic oxidation sites excluding steroid dienone is 2. The van der Waals surface area contributed by atoms with Crippen LogP contribution in [0.3, 0.4) is 0 Å². The molecule has 0 bridgehead atoms. The Labute approximate surface area is 93.2 Å². The lowest BCUT2D eigenvalue weighted by Crippen LogP contribution is -2.20. The molecule has 0 spiro atoms. The lowest BCUT2D eigenvalue weighted by Gasteiger charge is -2.08. The highest BCUT2D eigenvalue weighted by molar-refractivity contribution is 6.24. The molecule has 1 aliphatic heterocycles. The van der Waals surface area contributed by atoms with Crippen molar-refractivity contribution in [3.8, 4) is 0 Å². The van der Waals surface area contributed by atoms with Crippen molar-refractivity contribution in [1.29, 1.82) is 0 Å². The lowest BCUT2D eigenvalue weighted by molar-refractivity contribution is 0.0879. The van der Waals surface area contributed by atoms with E-state index in [0.717, 1.165) is 23.1 Å². The van der Waals surface area contributed by atoms with E-state index in [9.17, 15) is 9.59 Å². The van der Waals surface area contributed by atoms with E-state index in [4.69, 9.17) is 0 Å². The Morgan fingerprint density at radius 2 is 1.88 bits per heavy atom. The van der Waals surface area contributed by atoms with E-state index in [-0.39, 0.29) is 11.8 Å². The first-order valence-electron chi connectivity index (χ1n) is 5.29. The van der Waals surface area contributed by atoms with E-state index in [1.54, 1.807) is 6.07 Å². The Hall–Kier alpha value is -1.90. The maximum absolute atomic E-state index is 11.7. The highest BCUT2D eigenvalue weighted by atomic mass is 16.2. The third kappa shape index (κ3) is 1.14. The van der Waals surface area contributed by atoms with Gasteiger partial charge in [-0.15, -0.1) is 0 Å². The van der Waals surface area contributed by atoms with Crippen LogP contribution in [0.4, 0.5) is 0 Å². The van der Waals surface area contributed by atoms with Gasteiger partial charge < -0.3 is 0 Å². The summed E-state index contributed by atoms with van der Waals surface area (Å²) in [5.41, 5.74) is 4.16. The van der Waals surface area contributed by atoms with Crippen LogP contribution < -0.4 is 5.32 Å². The number of aryl methyl sites for hydroxylation is 1. The Balaban J connectivity index is 2.31. The number of hydrogen-bond donors (Lipinski definition) is 1. The Morgan fingerprint density at radius 1 is 1.12 bits per heavy atom. The molecule has 1 radical (unpaired) electrons. The molecule has 1 heterocycles. The summed E-state index contributed by atoms with van der Waals surface area (Å²) in [6, 6.07) is 3.67. The molecular weight excluding hydrogens is 202 g/mol. The molecule has 3 heteroatoms. The van der Waals surface area contributed by atoms with Crippen molar-refractivity contribution in [2.24, 2.45) is 0 Å². The fourth-order valence-corrected chi connectivity index (χ4v) is 2.14. The van der Waals surface area contributed by atoms with E-state index in [2.05, 4.69) is 5.32 Å². The molecule has 3 nitrogen and oxygen atoms in total. The summed E-state index contributed by atoms with van der Waals surface area (Å²) in [6.07, 6.45) is 4.78. The van der Waals surface area contributed by atoms with Gasteiger partial charge in [0.25, 0.3) is 11.8 Å². The van der Waals surface area contributed by atoms with Gasteiger partial charge in [0.2, 0.25) is 0 Å². The number of amides is 2. The Morgan fingerprint density at radius 3 is 2.50 bits per heavy atom. The summed E-state index contributed by atoms with van der Waals surface area (Å²) in [5, 5.41) is 2.34. The first kappa shape index (κ1) is 9.33. The van der Waals surface area contributed by atoms with Gasteiger partial charge in [-0.25, -0.2) is 0 Å². The summed E-state index contributed by atoms with van der Waals surface area (Å²) in [4.78, 5) is 23.2. The molecule has 0 saturated heterocycles. The standard InChI is InChI=1S/C13H10NO2/c1-2-7-5-6-9-11(10(7)8-3-4-8)13(16)14-12(9)15/h3-6H,2H2,1H3,(H,14,15,16). The van der Waals surface area contributed by atoms with Crippen molar-refractivity contribution in [3.63, 3.8) is 0 Å². The topological polar surface area (TPSA) is 46.2 Å². The third-order valence-electron chi connectivity index (χ3n) is 2.99. The zero-order valence-electron chi connectivity index (χ0n) is 8.83. The van der Waals surface area contributed by atoms with Crippen LogP contribution in [0.5, 0.6) is 0 Å². The van der Waals surface area contributed by atoms with Crippen LogP contribution >= 0.6 is 0 Å². The molecule has 0 aromatic heterocycles. The van der Waals surface area contributed by atoms with E-state index in [0.29, 0.717) is 11.1 Å². The molecular formula is C13H10NO2. The van der Waals surface area contributed by atoms with Crippen LogP contribution in [0.25, 0.3) is 5.57 Å². The molecule has 0 saturated carbocycles. The van der Waals surface area contributed by atoms with Crippen LogP contribution in [0.15, 0.2) is 18.2 Å². The second kappa shape index (κ2) is 3.04. The molecule has 0 fully saturated rings. The van der Waals surface area contributed by atoms with E-state index >= 15 is 0 Å². The lowest BCUT2D eigenvalue weighted by atomic mass is 9.94. The highest BCUT2D eigenvalue weighted by Crippen LogP contribution is 2.37. The molecule has 1 aromatic rings. The Bertz CT molecular complexity index is 555. The minimum Gasteiger partial charge on any atom is -0.288 e. The maximum Gasteiger partial charge on any atom is 0.259 e.